The van der Waals surface area contributed by atoms with Gasteiger partial charge in [0.25, 0.3) is 0 Å². The fourth-order valence-corrected chi connectivity index (χ4v) is 7.38. The number of oxazole rings is 1. The lowest BCUT2D eigenvalue weighted by molar-refractivity contribution is -0.126. The molecule has 66 heavy (non-hydrogen) atoms. The Morgan fingerprint density at radius 2 is 1.17 bits per heavy atom. The molecule has 1 N–H and O–H groups in total. The van der Waals surface area contributed by atoms with Crippen molar-refractivity contribution in [2.24, 2.45) is 5.92 Å². The summed E-state index contributed by atoms with van der Waals surface area (Å²) in [6.45, 7) is 12.8. The summed E-state index contributed by atoms with van der Waals surface area (Å²) in [5, 5.41) is 2.61. The number of hydrogen-bond acceptors (Lipinski definition) is 13. The van der Waals surface area contributed by atoms with Gasteiger partial charge in [-0.1, -0.05) is 0 Å². The Labute approximate surface area is 375 Å². The van der Waals surface area contributed by atoms with Crippen LogP contribution in [0.2, 0.25) is 0 Å². The Hall–Kier alpha value is -5.37. The molecule has 2 aliphatic rings. The maximum absolute atomic E-state index is 13.0. The number of ether oxygens (including phenoxy) is 2. The van der Waals surface area contributed by atoms with Gasteiger partial charge in [-0.05, 0) is 116 Å². The maximum Gasteiger partial charge on any atom is 0.524 e. The van der Waals surface area contributed by atoms with Crippen LogP contribution in [0, 0.1) is 17.6 Å². The highest BCUT2D eigenvalue weighted by Crippen LogP contribution is 2.33. The Morgan fingerprint density at radius 3 is 1.64 bits per heavy atom. The average molecular weight is 993 g/mol. The monoisotopic (exact) mass is 992 g/mol. The van der Waals surface area contributed by atoms with Gasteiger partial charge in [0.2, 0.25) is 5.91 Å². The van der Waals surface area contributed by atoms with Crippen LogP contribution in [-0.4, -0.2) is 110 Å². The van der Waals surface area contributed by atoms with E-state index in [1.54, 1.807) is 44.0 Å². The summed E-state index contributed by atoms with van der Waals surface area (Å²) in [5.74, 6) is -0.407. The van der Waals surface area contributed by atoms with Crippen LogP contribution < -0.4 is 5.32 Å². The number of hydrogen-bond donors (Lipinski definition) is 1. The number of nitrogens with one attached hydrogen (secondary N) is 1. The van der Waals surface area contributed by atoms with Gasteiger partial charge >= 0.3 is 43.4 Å². The summed E-state index contributed by atoms with van der Waals surface area (Å²) in [6.07, 6.45) is 4.04. The second kappa shape index (κ2) is 22.0. The molecule has 0 radical (unpaired) electrons. The van der Waals surface area contributed by atoms with E-state index in [9.17, 15) is 71.1 Å². The van der Waals surface area contributed by atoms with Crippen LogP contribution >= 0.6 is 0 Å². The zero-order valence-electron chi connectivity index (χ0n) is 36.3. The summed E-state index contributed by atoms with van der Waals surface area (Å²) in [5.41, 5.74) is -12.5. The highest BCUT2D eigenvalue weighted by molar-refractivity contribution is 8.00. The van der Waals surface area contributed by atoms with Crippen molar-refractivity contribution < 1.29 is 88.7 Å². The van der Waals surface area contributed by atoms with Gasteiger partial charge in [-0.25, -0.2) is 23.4 Å². The molecule has 1 aromatic heterocycles. The van der Waals surface area contributed by atoms with Gasteiger partial charge in [-0.2, -0.15) is 43.2 Å². The number of rotatable bonds is 8. The molecule has 16 nitrogen and oxygen atoms in total. The van der Waals surface area contributed by atoms with Crippen LogP contribution in [0.1, 0.15) is 89.4 Å². The van der Waals surface area contributed by atoms with E-state index >= 15 is 0 Å². The molecule has 5 rings (SSSR count). The van der Waals surface area contributed by atoms with Gasteiger partial charge in [-0.3, -0.25) is 9.59 Å². The SMILES string of the molecule is CC(C)(C)OC(=O)N1CCCC(C(=O)NCC(=O)c2ccc(F)cc2)C1.CC(C)(C)OC(=O)N1CCCC(c2ncc(-c3ccc(F)cc3)o2)C1.O=S(=O)(OS(=O)(=O)C(F)(F)F)C(F)(F)F. The fourth-order valence-electron chi connectivity index (χ4n) is 5.82. The quantitative estimate of drug-likeness (QED) is 0.129. The minimum absolute atomic E-state index is 0.0375. The Kier molecular flexibility index (Phi) is 18.3. The van der Waals surface area contributed by atoms with Gasteiger partial charge in [0, 0.05) is 37.3 Å². The molecule has 0 saturated carbocycles. The largest absolute Gasteiger partial charge is 0.524 e. The molecule has 2 aromatic carbocycles. The molecule has 3 heterocycles. The Balaban J connectivity index is 0.000000273. The standard InChI is InChI=1S/C19H25FN2O4.C19H23FN2O3.C2F6O5S2/c1-19(2,3)26-18(25)22-10-4-5-14(12-22)17(24)21-11-16(23)13-6-8-15(20)9-7-13;1-19(2,3)25-18(23)22-10-4-5-14(12-22)17-21-11-16(24-17)13-6-8-15(20)9-7-13;3-1(4,5)14(9,10)13-15(11,12)2(6,7)8/h6-9,14H,4-5,10-12H2,1-3H3,(H,21,24);6-9,11,14H,4-5,10,12H2,1-3H3;. The first-order valence-electron chi connectivity index (χ1n) is 19.8. The van der Waals surface area contributed by atoms with Crippen molar-refractivity contribution in [2.45, 2.75) is 95.4 Å². The first-order valence-corrected chi connectivity index (χ1v) is 22.6. The molecular formula is C40H48F8N4O12S2. The maximum atomic E-state index is 13.0. The number of amides is 3. The van der Waals surface area contributed by atoms with E-state index < -0.39 is 54.4 Å². The van der Waals surface area contributed by atoms with Crippen molar-refractivity contribution >= 4 is 44.1 Å². The van der Waals surface area contributed by atoms with Gasteiger partial charge in [0.05, 0.1) is 24.6 Å². The van der Waals surface area contributed by atoms with Crippen LogP contribution in [0.4, 0.5) is 44.7 Å². The third-order valence-corrected chi connectivity index (χ3v) is 11.4. The number of halogens is 8. The number of aromatic nitrogens is 1. The van der Waals surface area contributed by atoms with Crippen LogP contribution in [0.25, 0.3) is 11.3 Å². The van der Waals surface area contributed by atoms with Crippen molar-refractivity contribution in [1.29, 1.82) is 0 Å². The van der Waals surface area contributed by atoms with Crippen molar-refractivity contribution in [2.75, 3.05) is 32.7 Å². The summed E-state index contributed by atoms with van der Waals surface area (Å²) in [7, 11) is -13.7. The molecule has 0 aliphatic carbocycles. The van der Waals surface area contributed by atoms with E-state index in [2.05, 4.69) is 10.3 Å². The topological polar surface area (TPSA) is 209 Å². The normalized spacial score (nSPS) is 17.3. The van der Waals surface area contributed by atoms with E-state index in [0.717, 1.165) is 18.4 Å². The van der Waals surface area contributed by atoms with E-state index in [4.69, 9.17) is 13.9 Å². The first-order chi connectivity index (χ1) is 30.2. The van der Waals surface area contributed by atoms with Crippen molar-refractivity contribution in [3.05, 3.63) is 77.8 Å². The number of Topliss-reactive ketones (excluding diaryl/α,β-unsaturated/α-hetero) is 1. The van der Waals surface area contributed by atoms with Crippen molar-refractivity contribution in [3.63, 3.8) is 0 Å². The van der Waals surface area contributed by atoms with Crippen LogP contribution in [0.5, 0.6) is 0 Å². The molecule has 0 bridgehead atoms. The predicted molar refractivity (Wildman–Crippen MR) is 217 cm³/mol. The van der Waals surface area contributed by atoms with Crippen molar-refractivity contribution in [1.82, 2.24) is 20.1 Å². The van der Waals surface area contributed by atoms with E-state index in [1.165, 1.54) is 41.3 Å². The first kappa shape index (κ1) is 55.0. The molecule has 3 aromatic rings. The second-order valence-corrected chi connectivity index (χ2v) is 19.9. The number of ketones is 1. The number of carbonyl (C=O) groups excluding carboxylic acids is 4. The predicted octanol–water partition coefficient (Wildman–Crippen LogP) is 8.07. The highest BCUT2D eigenvalue weighted by Gasteiger charge is 2.57. The third-order valence-electron chi connectivity index (χ3n) is 8.85. The van der Waals surface area contributed by atoms with Gasteiger partial charge in [0.1, 0.15) is 22.8 Å². The zero-order valence-corrected chi connectivity index (χ0v) is 37.9. The lowest BCUT2D eigenvalue weighted by atomic mass is 9.97. The second-order valence-electron chi connectivity index (χ2n) is 16.6. The number of carbonyl (C=O) groups is 4. The summed E-state index contributed by atoms with van der Waals surface area (Å²) < 4.78 is 153. The fraction of sp³-hybridized carbons (Fsp3) is 0.525. The molecule has 0 spiro atoms. The molecular weight excluding hydrogens is 945 g/mol. The molecule has 26 heteroatoms. The zero-order chi connectivity index (χ0) is 50.1. The lowest BCUT2D eigenvalue weighted by Gasteiger charge is -2.33. The number of nitrogens with zero attached hydrogens (tertiary/aromatic N) is 3. The Morgan fingerprint density at radius 1 is 0.712 bits per heavy atom. The molecule has 2 unspecified atom stereocenters. The lowest BCUT2D eigenvalue weighted by Crippen LogP contribution is -2.47. The van der Waals surface area contributed by atoms with Crippen LogP contribution in [-0.2, 0) is 38.1 Å². The number of likely N-dealkylation sites (tertiary alicyclic amines) is 2. The smallest absolute Gasteiger partial charge is 0.444 e. The average Bonchev–Trinajstić information content (AvgIpc) is 3.69. The van der Waals surface area contributed by atoms with Gasteiger partial charge in [-0.15, -0.1) is 3.63 Å². The number of alkyl halides is 6. The van der Waals surface area contributed by atoms with Gasteiger partial charge in [0.15, 0.2) is 17.4 Å². The summed E-state index contributed by atoms with van der Waals surface area (Å²) in [6, 6.07) is 11.3. The summed E-state index contributed by atoms with van der Waals surface area (Å²) in [4.78, 5) is 56.4. The van der Waals surface area contributed by atoms with E-state index in [1.807, 2.05) is 24.4 Å². The number of piperidine rings is 2. The Bertz CT molecular complexity index is 2320. The van der Waals surface area contributed by atoms with Crippen molar-refractivity contribution in [3.8, 4) is 11.3 Å². The molecule has 368 valence electrons. The van der Waals surface area contributed by atoms with E-state index in [-0.39, 0.29) is 48.5 Å². The molecule has 2 aliphatic heterocycles. The van der Waals surface area contributed by atoms with Gasteiger partial charge < -0.3 is 29.0 Å². The van der Waals surface area contributed by atoms with Crippen LogP contribution in [0.3, 0.4) is 0 Å². The third kappa shape index (κ3) is 17.1. The van der Waals surface area contributed by atoms with E-state index in [0.29, 0.717) is 49.7 Å². The minimum Gasteiger partial charge on any atom is -0.444 e. The van der Waals surface area contributed by atoms with Crippen LogP contribution in [0.15, 0.2) is 59.1 Å². The molecule has 2 saturated heterocycles. The molecule has 2 fully saturated rings. The molecule has 3 amide bonds. The molecule has 2 atom stereocenters. The minimum atomic E-state index is -6.85. The number of benzene rings is 2. The summed E-state index contributed by atoms with van der Waals surface area (Å²) >= 11 is 0. The highest BCUT2D eigenvalue weighted by atomic mass is 32.3.